The normalized spacial score (nSPS) is 10.6. The highest BCUT2D eigenvalue weighted by molar-refractivity contribution is 6.13. The summed E-state index contributed by atoms with van der Waals surface area (Å²) >= 11 is 0. The van der Waals surface area contributed by atoms with E-state index in [1.807, 2.05) is 19.1 Å². The van der Waals surface area contributed by atoms with Crippen LogP contribution in [-0.2, 0) is 4.79 Å². The summed E-state index contributed by atoms with van der Waals surface area (Å²) in [5.74, 6) is -1.55. The van der Waals surface area contributed by atoms with Gasteiger partial charge >= 0.3 is 5.97 Å². The predicted octanol–water partition coefficient (Wildman–Crippen LogP) is 4.62. The number of hydrogen-bond acceptors (Lipinski definition) is 7. The first kappa shape index (κ1) is 24.9. The molecule has 0 saturated carbocycles. The zero-order valence-electron chi connectivity index (χ0n) is 20.4. The van der Waals surface area contributed by atoms with Crippen LogP contribution >= 0.6 is 0 Å². The molecule has 0 atom stereocenters. The fraction of sp³-hybridized carbons (Fsp3) is 0.148. The number of aromatic carboxylic acids is 1. The van der Waals surface area contributed by atoms with Crippen LogP contribution in [0, 0.1) is 18.3 Å². The molecular formula is C27H22N4O6. The molecule has 4 aromatic rings. The molecule has 0 aliphatic heterocycles. The standard InChI is InChI=1S/C27H22N4O6/c1-14-9-24-21(12-18(14)19-11-17(31(3)15(2)32)6-8-23(19)36-4)25(30-37-24)26(33)29-22-7-5-16(13-28)10-20(22)27(34)35/h5-12H,1-4H3,(H,29,33)(H,34,35). The Balaban J connectivity index is 1.80. The lowest BCUT2D eigenvalue weighted by atomic mass is 9.96. The lowest BCUT2D eigenvalue weighted by Crippen LogP contribution is -2.22. The van der Waals surface area contributed by atoms with Crippen molar-refractivity contribution in [1.82, 2.24) is 5.16 Å². The van der Waals surface area contributed by atoms with E-state index < -0.39 is 11.9 Å². The fourth-order valence-electron chi connectivity index (χ4n) is 3.92. The van der Waals surface area contributed by atoms with E-state index in [0.29, 0.717) is 28.0 Å². The zero-order chi connectivity index (χ0) is 26.9. The Labute approximate surface area is 211 Å². The number of carboxylic acids is 1. The van der Waals surface area contributed by atoms with E-state index in [-0.39, 0.29) is 28.4 Å². The summed E-state index contributed by atoms with van der Waals surface area (Å²) < 4.78 is 10.9. The first-order valence-corrected chi connectivity index (χ1v) is 11.1. The molecule has 10 heteroatoms. The smallest absolute Gasteiger partial charge is 0.337 e. The molecule has 0 radical (unpaired) electrons. The monoisotopic (exact) mass is 498 g/mol. The van der Waals surface area contributed by atoms with Gasteiger partial charge in [0.1, 0.15) is 5.75 Å². The van der Waals surface area contributed by atoms with E-state index in [2.05, 4.69) is 10.5 Å². The summed E-state index contributed by atoms with van der Waals surface area (Å²) in [6.45, 7) is 3.33. The number of fused-ring (bicyclic) bond motifs is 1. The first-order valence-electron chi connectivity index (χ1n) is 11.1. The second kappa shape index (κ2) is 9.83. The maximum Gasteiger partial charge on any atom is 0.337 e. The maximum absolute atomic E-state index is 13.1. The zero-order valence-corrected chi connectivity index (χ0v) is 20.4. The average molecular weight is 498 g/mol. The number of carbonyl (C=O) groups excluding carboxylic acids is 2. The number of carboxylic acid groups (broad SMARTS) is 1. The Bertz CT molecular complexity index is 1620. The molecule has 1 aromatic heterocycles. The number of benzene rings is 3. The van der Waals surface area contributed by atoms with Crippen molar-refractivity contribution in [1.29, 1.82) is 5.26 Å². The highest BCUT2D eigenvalue weighted by atomic mass is 16.5. The Morgan fingerprint density at radius 2 is 1.86 bits per heavy atom. The van der Waals surface area contributed by atoms with Crippen molar-refractivity contribution >= 4 is 40.1 Å². The van der Waals surface area contributed by atoms with Crippen molar-refractivity contribution in [3.63, 3.8) is 0 Å². The number of hydrogen-bond donors (Lipinski definition) is 2. The van der Waals surface area contributed by atoms with Crippen LogP contribution in [0.2, 0.25) is 0 Å². The number of ether oxygens (including phenoxy) is 1. The average Bonchev–Trinajstić information content (AvgIpc) is 3.30. The lowest BCUT2D eigenvalue weighted by molar-refractivity contribution is -0.116. The van der Waals surface area contributed by atoms with E-state index in [4.69, 9.17) is 14.5 Å². The molecule has 0 fully saturated rings. The summed E-state index contributed by atoms with van der Waals surface area (Å²) in [7, 11) is 3.21. The molecule has 0 spiro atoms. The molecular weight excluding hydrogens is 476 g/mol. The molecule has 1 heterocycles. The minimum atomic E-state index is -1.29. The minimum absolute atomic E-state index is 0.0154. The van der Waals surface area contributed by atoms with Gasteiger partial charge in [0.2, 0.25) is 5.91 Å². The number of nitriles is 1. The van der Waals surface area contributed by atoms with Crippen LogP contribution in [0.25, 0.3) is 22.1 Å². The number of nitrogens with one attached hydrogen (secondary N) is 1. The third-order valence-corrected chi connectivity index (χ3v) is 5.99. The van der Waals surface area contributed by atoms with Gasteiger partial charge in [0.05, 0.1) is 35.4 Å². The minimum Gasteiger partial charge on any atom is -0.496 e. The molecule has 2 N–H and O–H groups in total. The molecule has 0 unspecified atom stereocenters. The maximum atomic E-state index is 13.1. The van der Waals surface area contributed by atoms with Crippen LogP contribution in [-0.4, -0.2) is 42.2 Å². The molecule has 0 saturated heterocycles. The number of methoxy groups -OCH3 is 1. The second-order valence-electron chi connectivity index (χ2n) is 8.29. The highest BCUT2D eigenvalue weighted by Gasteiger charge is 2.22. The largest absolute Gasteiger partial charge is 0.496 e. The molecule has 10 nitrogen and oxygen atoms in total. The van der Waals surface area contributed by atoms with Crippen molar-refractivity contribution in [2.45, 2.75) is 13.8 Å². The molecule has 4 rings (SSSR count). The highest BCUT2D eigenvalue weighted by Crippen LogP contribution is 2.38. The molecule has 3 aromatic carbocycles. The Morgan fingerprint density at radius 3 is 2.51 bits per heavy atom. The number of anilines is 2. The van der Waals surface area contributed by atoms with Gasteiger partial charge in [-0.2, -0.15) is 5.26 Å². The summed E-state index contributed by atoms with van der Waals surface area (Å²) in [6.07, 6.45) is 0. The van der Waals surface area contributed by atoms with Gasteiger partial charge < -0.3 is 24.6 Å². The Hall–Kier alpha value is -5.17. The van der Waals surface area contributed by atoms with Crippen LogP contribution in [0.4, 0.5) is 11.4 Å². The van der Waals surface area contributed by atoms with E-state index >= 15 is 0 Å². The SMILES string of the molecule is COc1ccc(N(C)C(C)=O)cc1-c1cc2c(C(=O)Nc3ccc(C#N)cc3C(=O)O)noc2cc1C. The molecule has 186 valence electrons. The fourth-order valence-corrected chi connectivity index (χ4v) is 3.92. The number of carbonyl (C=O) groups is 3. The van der Waals surface area contributed by atoms with Gasteiger partial charge in [-0.3, -0.25) is 9.59 Å². The van der Waals surface area contributed by atoms with Crippen molar-refractivity contribution < 1.29 is 28.8 Å². The molecule has 0 aliphatic rings. The number of rotatable bonds is 6. The first-order chi connectivity index (χ1) is 17.6. The molecule has 0 aliphatic carbocycles. The predicted molar refractivity (Wildman–Crippen MR) is 136 cm³/mol. The number of aromatic nitrogens is 1. The number of aryl methyl sites for hydroxylation is 1. The third kappa shape index (κ3) is 4.70. The van der Waals surface area contributed by atoms with Gasteiger partial charge in [0.15, 0.2) is 11.3 Å². The lowest BCUT2D eigenvalue weighted by Gasteiger charge is -2.18. The molecule has 2 amide bonds. The molecule has 37 heavy (non-hydrogen) atoms. The van der Waals surface area contributed by atoms with Gasteiger partial charge in [-0.05, 0) is 66.6 Å². The van der Waals surface area contributed by atoms with E-state index in [9.17, 15) is 19.5 Å². The van der Waals surface area contributed by atoms with Crippen LogP contribution in [0.15, 0.2) is 53.1 Å². The molecule has 0 bridgehead atoms. The topological polar surface area (TPSA) is 146 Å². The van der Waals surface area contributed by atoms with Gasteiger partial charge in [-0.1, -0.05) is 5.16 Å². The quantitative estimate of drug-likeness (QED) is 0.392. The van der Waals surface area contributed by atoms with Crippen LogP contribution in [0.3, 0.4) is 0 Å². The van der Waals surface area contributed by atoms with E-state index in [1.54, 1.807) is 31.3 Å². The van der Waals surface area contributed by atoms with E-state index in [1.165, 1.54) is 37.1 Å². The summed E-state index contributed by atoms with van der Waals surface area (Å²) in [5.41, 5.74) is 3.15. The Morgan fingerprint density at radius 1 is 1.11 bits per heavy atom. The van der Waals surface area contributed by atoms with Gasteiger partial charge in [0, 0.05) is 25.2 Å². The van der Waals surface area contributed by atoms with Gasteiger partial charge in [0.25, 0.3) is 5.91 Å². The number of amides is 2. The third-order valence-electron chi connectivity index (χ3n) is 5.99. The number of nitrogens with zero attached hydrogens (tertiary/aromatic N) is 3. The summed E-state index contributed by atoms with van der Waals surface area (Å²) in [6, 6.07) is 14.6. The van der Waals surface area contributed by atoms with E-state index in [0.717, 1.165) is 11.1 Å². The van der Waals surface area contributed by atoms with Gasteiger partial charge in [-0.25, -0.2) is 4.79 Å². The van der Waals surface area contributed by atoms with Crippen LogP contribution in [0.5, 0.6) is 5.75 Å². The van der Waals surface area contributed by atoms with Crippen molar-refractivity contribution in [3.05, 3.63) is 70.9 Å². The van der Waals surface area contributed by atoms with Gasteiger partial charge in [-0.15, -0.1) is 0 Å². The van der Waals surface area contributed by atoms with Crippen molar-refractivity contribution in [2.24, 2.45) is 0 Å². The van der Waals surface area contributed by atoms with Crippen molar-refractivity contribution in [3.8, 4) is 22.9 Å². The summed E-state index contributed by atoms with van der Waals surface area (Å²) in [4.78, 5) is 38.2. The van der Waals surface area contributed by atoms with Crippen molar-refractivity contribution in [2.75, 3.05) is 24.4 Å². The Kier molecular flexibility index (Phi) is 6.63. The summed E-state index contributed by atoms with van der Waals surface area (Å²) in [5, 5.41) is 25.4. The van der Waals surface area contributed by atoms with Crippen LogP contribution < -0.4 is 15.0 Å². The second-order valence-corrected chi connectivity index (χ2v) is 8.29. The van der Waals surface area contributed by atoms with Crippen LogP contribution in [0.1, 0.15) is 38.9 Å².